The lowest BCUT2D eigenvalue weighted by Gasteiger charge is -2.47. The van der Waals surface area contributed by atoms with Gasteiger partial charge in [0.1, 0.15) is 11.6 Å². The molecule has 1 N–H and O–H groups in total. The lowest BCUT2D eigenvalue weighted by molar-refractivity contribution is -0.159. The first-order valence-corrected chi connectivity index (χ1v) is 8.28. The molecule has 0 aromatic carbocycles. The third-order valence-corrected chi connectivity index (χ3v) is 5.38. The molecule has 0 aromatic rings. The van der Waals surface area contributed by atoms with E-state index in [4.69, 9.17) is 4.74 Å². The minimum atomic E-state index is -0.764. The summed E-state index contributed by atoms with van der Waals surface area (Å²) in [6.07, 6.45) is 4.65. The van der Waals surface area contributed by atoms with Gasteiger partial charge in [0, 0.05) is 6.61 Å². The molecule has 3 fully saturated rings. The maximum Gasteiger partial charge on any atom is 0.249 e. The van der Waals surface area contributed by atoms with Crippen LogP contribution in [0.25, 0.3) is 0 Å². The van der Waals surface area contributed by atoms with E-state index in [0.717, 1.165) is 6.42 Å². The summed E-state index contributed by atoms with van der Waals surface area (Å²) >= 11 is 0. The SMILES string of the molecule is CCC1C(=O)NC(C)(CC)C(=O)N1C1CCOC1C1CC1. The summed E-state index contributed by atoms with van der Waals surface area (Å²) in [6.45, 7) is 6.47. The van der Waals surface area contributed by atoms with Crippen LogP contribution in [-0.2, 0) is 14.3 Å². The number of amides is 2. The highest BCUT2D eigenvalue weighted by Crippen LogP contribution is 2.42. The van der Waals surface area contributed by atoms with Crippen LogP contribution >= 0.6 is 0 Å². The molecule has 3 aliphatic rings. The molecule has 0 bridgehead atoms. The molecule has 0 radical (unpaired) electrons. The fraction of sp³-hybridized carbons (Fsp3) is 0.875. The predicted molar refractivity (Wildman–Crippen MR) is 78.6 cm³/mol. The molecule has 2 heterocycles. The average Bonchev–Trinajstić information content (AvgIpc) is 3.20. The van der Waals surface area contributed by atoms with Crippen molar-refractivity contribution in [2.24, 2.45) is 5.92 Å². The summed E-state index contributed by atoms with van der Waals surface area (Å²) in [7, 11) is 0. The molecule has 21 heavy (non-hydrogen) atoms. The van der Waals surface area contributed by atoms with Crippen LogP contribution in [0.1, 0.15) is 52.9 Å². The Bertz CT molecular complexity index is 449. The molecule has 2 saturated heterocycles. The van der Waals surface area contributed by atoms with Gasteiger partial charge in [-0.15, -0.1) is 0 Å². The molecular weight excluding hydrogens is 268 g/mol. The molecule has 118 valence electrons. The highest BCUT2D eigenvalue weighted by molar-refractivity contribution is 5.99. The summed E-state index contributed by atoms with van der Waals surface area (Å²) in [6, 6.07) is -0.267. The number of nitrogens with one attached hydrogen (secondary N) is 1. The van der Waals surface area contributed by atoms with Crippen LogP contribution in [0, 0.1) is 5.92 Å². The average molecular weight is 294 g/mol. The number of rotatable bonds is 4. The van der Waals surface area contributed by atoms with Crippen molar-refractivity contribution in [2.45, 2.75) is 76.6 Å². The van der Waals surface area contributed by atoms with Crippen LogP contribution in [0.5, 0.6) is 0 Å². The number of hydrogen-bond acceptors (Lipinski definition) is 3. The maximum absolute atomic E-state index is 13.0. The Hall–Kier alpha value is -1.10. The van der Waals surface area contributed by atoms with Gasteiger partial charge >= 0.3 is 0 Å². The topological polar surface area (TPSA) is 58.6 Å². The van der Waals surface area contributed by atoms with Gasteiger partial charge in [0.15, 0.2) is 0 Å². The number of piperazine rings is 1. The zero-order chi connectivity index (χ0) is 15.2. The molecule has 2 amide bonds. The zero-order valence-electron chi connectivity index (χ0n) is 13.2. The Morgan fingerprint density at radius 2 is 2.00 bits per heavy atom. The molecule has 4 unspecified atom stereocenters. The highest BCUT2D eigenvalue weighted by Gasteiger charge is 2.53. The standard InChI is InChI=1S/C16H26N2O3/c1-4-11-14(19)17-16(3,5-2)15(20)18(11)12-8-9-21-13(12)10-6-7-10/h10-13H,4-9H2,1-3H3,(H,17,19). The Morgan fingerprint density at radius 1 is 1.29 bits per heavy atom. The van der Waals surface area contributed by atoms with Crippen molar-refractivity contribution in [2.75, 3.05) is 6.61 Å². The van der Waals surface area contributed by atoms with E-state index >= 15 is 0 Å². The maximum atomic E-state index is 13.0. The third-order valence-electron chi connectivity index (χ3n) is 5.38. The molecule has 3 rings (SSSR count). The van der Waals surface area contributed by atoms with Gasteiger partial charge in [-0.05, 0) is 44.9 Å². The van der Waals surface area contributed by atoms with Crippen LogP contribution in [0.2, 0.25) is 0 Å². The van der Waals surface area contributed by atoms with Gasteiger partial charge in [-0.25, -0.2) is 0 Å². The molecular formula is C16H26N2O3. The van der Waals surface area contributed by atoms with Crippen LogP contribution in [0.4, 0.5) is 0 Å². The van der Waals surface area contributed by atoms with Gasteiger partial charge in [-0.1, -0.05) is 13.8 Å². The van der Waals surface area contributed by atoms with Crippen LogP contribution < -0.4 is 5.32 Å². The van der Waals surface area contributed by atoms with E-state index in [1.54, 1.807) is 0 Å². The Morgan fingerprint density at radius 3 is 2.57 bits per heavy atom. The van der Waals surface area contributed by atoms with E-state index in [1.165, 1.54) is 12.8 Å². The van der Waals surface area contributed by atoms with Gasteiger partial charge in [0.05, 0.1) is 12.1 Å². The van der Waals surface area contributed by atoms with E-state index in [-0.39, 0.29) is 30.0 Å². The predicted octanol–water partition coefficient (Wildman–Crippen LogP) is 1.46. The van der Waals surface area contributed by atoms with Crippen molar-refractivity contribution in [3.05, 3.63) is 0 Å². The fourth-order valence-electron chi connectivity index (χ4n) is 3.74. The quantitative estimate of drug-likeness (QED) is 0.854. The number of nitrogens with zero attached hydrogens (tertiary/aromatic N) is 1. The first kappa shape index (κ1) is 14.8. The van der Waals surface area contributed by atoms with E-state index in [1.807, 2.05) is 25.7 Å². The van der Waals surface area contributed by atoms with Gasteiger partial charge in [-0.3, -0.25) is 9.59 Å². The second-order valence-corrected chi connectivity index (χ2v) is 6.84. The van der Waals surface area contributed by atoms with Gasteiger partial charge in [-0.2, -0.15) is 0 Å². The summed E-state index contributed by atoms with van der Waals surface area (Å²) in [5.74, 6) is 0.640. The summed E-state index contributed by atoms with van der Waals surface area (Å²) in [5, 5.41) is 2.94. The summed E-state index contributed by atoms with van der Waals surface area (Å²) in [5.41, 5.74) is -0.764. The van der Waals surface area contributed by atoms with Crippen molar-refractivity contribution in [3.8, 4) is 0 Å². The van der Waals surface area contributed by atoms with Crippen molar-refractivity contribution in [1.29, 1.82) is 0 Å². The van der Waals surface area contributed by atoms with E-state index < -0.39 is 5.54 Å². The number of ether oxygens (including phenoxy) is 1. The fourth-order valence-corrected chi connectivity index (χ4v) is 3.74. The first-order chi connectivity index (χ1) is 10.0. The number of hydrogen-bond donors (Lipinski definition) is 1. The van der Waals surface area contributed by atoms with E-state index in [2.05, 4.69) is 5.32 Å². The largest absolute Gasteiger partial charge is 0.376 e. The molecule has 5 nitrogen and oxygen atoms in total. The zero-order valence-corrected chi connectivity index (χ0v) is 13.2. The minimum Gasteiger partial charge on any atom is -0.376 e. The van der Waals surface area contributed by atoms with E-state index in [9.17, 15) is 9.59 Å². The van der Waals surface area contributed by atoms with Crippen molar-refractivity contribution < 1.29 is 14.3 Å². The van der Waals surface area contributed by atoms with Crippen molar-refractivity contribution >= 4 is 11.8 Å². The van der Waals surface area contributed by atoms with Crippen LogP contribution in [0.3, 0.4) is 0 Å². The molecule has 0 aromatic heterocycles. The van der Waals surface area contributed by atoms with Gasteiger partial charge in [0.25, 0.3) is 0 Å². The third kappa shape index (κ3) is 2.35. The van der Waals surface area contributed by atoms with Gasteiger partial charge in [0.2, 0.25) is 11.8 Å². The molecule has 1 aliphatic carbocycles. The Balaban J connectivity index is 1.91. The van der Waals surface area contributed by atoms with Crippen LogP contribution in [0.15, 0.2) is 0 Å². The number of carbonyl (C=O) groups is 2. The lowest BCUT2D eigenvalue weighted by atomic mass is 9.88. The summed E-state index contributed by atoms with van der Waals surface area (Å²) in [4.78, 5) is 27.4. The Labute approximate surface area is 126 Å². The molecule has 4 atom stereocenters. The second kappa shape index (κ2) is 5.27. The molecule has 1 saturated carbocycles. The second-order valence-electron chi connectivity index (χ2n) is 6.84. The molecule has 5 heteroatoms. The normalized spacial score (nSPS) is 40.5. The smallest absolute Gasteiger partial charge is 0.249 e. The van der Waals surface area contributed by atoms with Gasteiger partial charge < -0.3 is 15.0 Å². The van der Waals surface area contributed by atoms with Crippen molar-refractivity contribution in [1.82, 2.24) is 10.2 Å². The minimum absolute atomic E-state index is 0.0112. The van der Waals surface area contributed by atoms with Crippen LogP contribution in [-0.4, -0.2) is 47.0 Å². The van der Waals surface area contributed by atoms with E-state index in [0.29, 0.717) is 25.4 Å². The highest BCUT2D eigenvalue weighted by atomic mass is 16.5. The summed E-state index contributed by atoms with van der Waals surface area (Å²) < 4.78 is 5.90. The first-order valence-electron chi connectivity index (χ1n) is 8.28. The monoisotopic (exact) mass is 294 g/mol. The number of carbonyl (C=O) groups excluding carboxylic acids is 2. The molecule has 2 aliphatic heterocycles. The lowest BCUT2D eigenvalue weighted by Crippen LogP contribution is -2.71. The Kier molecular flexibility index (Phi) is 3.72. The van der Waals surface area contributed by atoms with Crippen molar-refractivity contribution in [3.63, 3.8) is 0 Å². The molecule has 0 spiro atoms.